The molecule has 8 nitrogen and oxygen atoms in total. The van der Waals surface area contributed by atoms with Crippen LogP contribution in [0, 0.1) is 6.92 Å². The van der Waals surface area contributed by atoms with Crippen LogP contribution in [0.1, 0.15) is 34.5 Å². The Balaban J connectivity index is 1.59. The molecule has 0 atom stereocenters. The number of tetrazole rings is 1. The van der Waals surface area contributed by atoms with E-state index in [-0.39, 0.29) is 6.61 Å². The van der Waals surface area contributed by atoms with Gasteiger partial charge in [-0.3, -0.25) is 0 Å². The summed E-state index contributed by atoms with van der Waals surface area (Å²) in [6, 6.07) is 9.26. The molecule has 10 heteroatoms. The Hall–Kier alpha value is -2.78. The molecule has 4 rings (SSSR count). The van der Waals surface area contributed by atoms with Crippen molar-refractivity contribution in [3.8, 4) is 5.69 Å². The molecule has 3 aromatic heterocycles. The van der Waals surface area contributed by atoms with Crippen LogP contribution in [-0.4, -0.2) is 36.0 Å². The highest BCUT2D eigenvalue weighted by Gasteiger charge is 2.19. The number of ether oxygens (including phenoxy) is 1. The van der Waals surface area contributed by atoms with Crippen LogP contribution in [0.4, 0.5) is 0 Å². The molecule has 0 spiro atoms. The molecule has 0 saturated heterocycles. The van der Waals surface area contributed by atoms with E-state index < -0.39 is 5.97 Å². The van der Waals surface area contributed by atoms with Crippen molar-refractivity contribution in [2.75, 3.05) is 0 Å². The van der Waals surface area contributed by atoms with Crippen molar-refractivity contribution in [1.29, 1.82) is 0 Å². The topological polar surface area (TPSA) is 87.7 Å². The van der Waals surface area contributed by atoms with Crippen molar-refractivity contribution >= 4 is 39.1 Å². The third kappa shape index (κ3) is 3.38. The van der Waals surface area contributed by atoms with E-state index >= 15 is 0 Å². The summed E-state index contributed by atoms with van der Waals surface area (Å²) < 4.78 is 8.82. The van der Waals surface area contributed by atoms with Gasteiger partial charge in [0.2, 0.25) is 0 Å². The molecule has 0 aliphatic rings. The molecule has 3 heterocycles. The van der Waals surface area contributed by atoms with E-state index in [1.165, 1.54) is 11.3 Å². The number of carbonyl (C=O) groups is 1. The lowest BCUT2D eigenvalue weighted by atomic mass is 10.3. The fraction of sp³-hybridized carbons (Fsp3) is 0.278. The predicted molar refractivity (Wildman–Crippen MR) is 106 cm³/mol. The van der Waals surface area contributed by atoms with Gasteiger partial charge in [0.1, 0.15) is 9.71 Å². The molecule has 0 aliphatic heterocycles. The second-order valence-electron chi connectivity index (χ2n) is 6.17. The predicted octanol–water partition coefficient (Wildman–Crippen LogP) is 3.80. The SMILES string of the molecule is CCCn1nnnc1COC(=O)c1cc2c(C)nn(-c3ccccc3Cl)c2s1. The molecule has 0 N–H and O–H groups in total. The zero-order chi connectivity index (χ0) is 19.7. The smallest absolute Gasteiger partial charge is 0.348 e. The van der Waals surface area contributed by atoms with Gasteiger partial charge in [-0.1, -0.05) is 30.7 Å². The summed E-state index contributed by atoms with van der Waals surface area (Å²) in [5.74, 6) is 0.104. The molecule has 0 bridgehead atoms. The van der Waals surface area contributed by atoms with E-state index in [4.69, 9.17) is 16.3 Å². The van der Waals surface area contributed by atoms with Gasteiger partial charge in [0.05, 0.1) is 16.4 Å². The first-order valence-electron chi connectivity index (χ1n) is 8.74. The zero-order valence-corrected chi connectivity index (χ0v) is 16.9. The van der Waals surface area contributed by atoms with Crippen LogP contribution < -0.4 is 0 Å². The van der Waals surface area contributed by atoms with E-state index in [2.05, 4.69) is 20.6 Å². The fourth-order valence-electron chi connectivity index (χ4n) is 2.85. The van der Waals surface area contributed by atoms with Crippen molar-refractivity contribution in [3.63, 3.8) is 0 Å². The molecule has 28 heavy (non-hydrogen) atoms. The second kappa shape index (κ2) is 7.69. The van der Waals surface area contributed by atoms with E-state index in [9.17, 15) is 4.79 Å². The van der Waals surface area contributed by atoms with Crippen LogP contribution in [-0.2, 0) is 17.9 Å². The van der Waals surface area contributed by atoms with Gasteiger partial charge >= 0.3 is 5.97 Å². The Morgan fingerprint density at radius 3 is 2.93 bits per heavy atom. The maximum atomic E-state index is 12.6. The lowest BCUT2D eigenvalue weighted by Crippen LogP contribution is -2.10. The summed E-state index contributed by atoms with van der Waals surface area (Å²) >= 11 is 7.63. The first-order valence-corrected chi connectivity index (χ1v) is 9.94. The second-order valence-corrected chi connectivity index (χ2v) is 7.61. The molecule has 0 fully saturated rings. The molecular weight excluding hydrogens is 400 g/mol. The van der Waals surface area contributed by atoms with Crippen LogP contribution in [0.5, 0.6) is 0 Å². The van der Waals surface area contributed by atoms with Gasteiger partial charge in [-0.15, -0.1) is 16.4 Å². The highest BCUT2D eigenvalue weighted by atomic mass is 35.5. The average molecular weight is 417 g/mol. The van der Waals surface area contributed by atoms with Crippen molar-refractivity contribution in [2.24, 2.45) is 0 Å². The molecule has 4 aromatic rings. The number of hydrogen-bond acceptors (Lipinski definition) is 7. The van der Waals surface area contributed by atoms with Crippen LogP contribution >= 0.6 is 22.9 Å². The van der Waals surface area contributed by atoms with Crippen LogP contribution in [0.25, 0.3) is 15.9 Å². The molecule has 0 amide bonds. The van der Waals surface area contributed by atoms with Gasteiger partial charge in [-0.2, -0.15) is 5.10 Å². The maximum absolute atomic E-state index is 12.6. The number of thiophene rings is 1. The number of benzene rings is 1. The van der Waals surface area contributed by atoms with Gasteiger partial charge < -0.3 is 4.74 Å². The van der Waals surface area contributed by atoms with Crippen molar-refractivity contribution < 1.29 is 9.53 Å². The number of para-hydroxylation sites is 1. The number of esters is 1. The molecule has 144 valence electrons. The summed E-state index contributed by atoms with van der Waals surface area (Å²) in [5, 5.41) is 17.5. The lowest BCUT2D eigenvalue weighted by molar-refractivity contribution is 0.0462. The molecular formula is C18H17ClN6O2S. The summed E-state index contributed by atoms with van der Waals surface area (Å²) in [7, 11) is 0. The number of aromatic nitrogens is 6. The van der Waals surface area contributed by atoms with E-state index in [1.807, 2.05) is 38.1 Å². The third-order valence-electron chi connectivity index (χ3n) is 4.20. The van der Waals surface area contributed by atoms with Gasteiger partial charge in [0.25, 0.3) is 0 Å². The Morgan fingerprint density at radius 1 is 1.32 bits per heavy atom. The number of hydrogen-bond donors (Lipinski definition) is 0. The quantitative estimate of drug-likeness (QED) is 0.444. The van der Waals surface area contributed by atoms with Gasteiger partial charge in [0.15, 0.2) is 12.4 Å². The number of carbonyl (C=O) groups excluding carboxylic acids is 1. The Kier molecular flexibility index (Phi) is 5.10. The van der Waals surface area contributed by atoms with Crippen molar-refractivity contribution in [1.82, 2.24) is 30.0 Å². The summed E-state index contributed by atoms with van der Waals surface area (Å²) in [5.41, 5.74) is 1.58. The van der Waals surface area contributed by atoms with Gasteiger partial charge in [-0.25, -0.2) is 14.2 Å². The average Bonchev–Trinajstić information content (AvgIpc) is 3.38. The number of rotatable bonds is 6. The minimum absolute atomic E-state index is 0.0235. The summed E-state index contributed by atoms with van der Waals surface area (Å²) in [6.07, 6.45) is 0.889. The maximum Gasteiger partial charge on any atom is 0.348 e. The van der Waals surface area contributed by atoms with Crippen LogP contribution in [0.2, 0.25) is 5.02 Å². The number of nitrogens with zero attached hydrogens (tertiary/aromatic N) is 6. The number of fused-ring (bicyclic) bond motifs is 1. The molecule has 0 radical (unpaired) electrons. The first kappa shape index (κ1) is 18.6. The lowest BCUT2D eigenvalue weighted by Gasteiger charge is -2.05. The van der Waals surface area contributed by atoms with E-state index in [1.54, 1.807) is 15.4 Å². The Labute approximate surface area is 169 Å². The standard InChI is InChI=1S/C18H17ClN6O2S/c1-3-8-24-16(20-22-23-24)10-27-18(26)15-9-12-11(2)21-25(17(12)28-15)14-7-5-4-6-13(14)19/h4-7,9H,3,8,10H2,1-2H3. The molecule has 0 saturated carbocycles. The summed E-state index contributed by atoms with van der Waals surface area (Å²) in [4.78, 5) is 13.9. The normalized spacial score (nSPS) is 11.2. The van der Waals surface area contributed by atoms with Crippen molar-refractivity contribution in [3.05, 3.63) is 51.7 Å². The fourth-order valence-corrected chi connectivity index (χ4v) is 4.13. The van der Waals surface area contributed by atoms with E-state index in [0.717, 1.165) is 28.0 Å². The minimum atomic E-state index is -0.419. The largest absolute Gasteiger partial charge is 0.453 e. The van der Waals surface area contributed by atoms with E-state index in [0.29, 0.717) is 22.3 Å². The Bertz CT molecular complexity index is 1150. The number of halogens is 1. The highest BCUT2D eigenvalue weighted by Crippen LogP contribution is 2.32. The van der Waals surface area contributed by atoms with Gasteiger partial charge in [-0.05, 0) is 42.0 Å². The zero-order valence-electron chi connectivity index (χ0n) is 15.3. The van der Waals surface area contributed by atoms with Gasteiger partial charge in [0, 0.05) is 11.9 Å². The monoisotopic (exact) mass is 416 g/mol. The Morgan fingerprint density at radius 2 is 2.14 bits per heavy atom. The van der Waals surface area contributed by atoms with Crippen LogP contribution in [0.3, 0.4) is 0 Å². The number of aryl methyl sites for hydroxylation is 2. The van der Waals surface area contributed by atoms with Crippen LogP contribution in [0.15, 0.2) is 30.3 Å². The summed E-state index contributed by atoms with van der Waals surface area (Å²) in [6.45, 7) is 4.63. The van der Waals surface area contributed by atoms with Crippen molar-refractivity contribution in [2.45, 2.75) is 33.4 Å². The molecule has 0 unspecified atom stereocenters. The molecule has 1 aromatic carbocycles. The minimum Gasteiger partial charge on any atom is -0.453 e. The first-order chi connectivity index (χ1) is 13.6. The highest BCUT2D eigenvalue weighted by molar-refractivity contribution is 7.20. The third-order valence-corrected chi connectivity index (χ3v) is 5.61. The molecule has 0 aliphatic carbocycles.